The fraction of sp³-hybridized carbons (Fsp3) is 0.800. The predicted molar refractivity (Wildman–Crippen MR) is 86.8 cm³/mol. The summed E-state index contributed by atoms with van der Waals surface area (Å²) in [7, 11) is 0. The van der Waals surface area contributed by atoms with E-state index in [1.54, 1.807) is 5.57 Å². The fourth-order valence-electron chi connectivity index (χ4n) is 6.93. The molecule has 1 spiro atoms. The zero-order chi connectivity index (χ0) is 15.0. The Bertz CT molecular complexity index is 528. The van der Waals surface area contributed by atoms with Gasteiger partial charge in [-0.3, -0.25) is 0 Å². The summed E-state index contributed by atoms with van der Waals surface area (Å²) in [5, 5.41) is 10.6. The van der Waals surface area contributed by atoms with Gasteiger partial charge >= 0.3 is 0 Å². The van der Waals surface area contributed by atoms with Gasteiger partial charge in [-0.15, -0.1) is 0 Å². The van der Waals surface area contributed by atoms with Gasteiger partial charge in [0.2, 0.25) is 0 Å². The molecule has 2 bridgehead atoms. The van der Waals surface area contributed by atoms with Crippen molar-refractivity contribution >= 4 is 0 Å². The molecule has 5 atom stereocenters. The first-order chi connectivity index (χ1) is 9.79. The maximum atomic E-state index is 10.6. The summed E-state index contributed by atoms with van der Waals surface area (Å²) in [5.41, 5.74) is 4.07. The number of aliphatic hydroxyl groups is 1. The summed E-state index contributed by atoms with van der Waals surface area (Å²) < 4.78 is 0. The van der Waals surface area contributed by atoms with Gasteiger partial charge in [0.25, 0.3) is 0 Å². The van der Waals surface area contributed by atoms with Gasteiger partial charge < -0.3 is 5.11 Å². The van der Waals surface area contributed by atoms with Crippen LogP contribution in [0.1, 0.15) is 65.7 Å². The maximum Gasteiger partial charge on any atom is 0.0789 e. The second-order valence-electron chi connectivity index (χ2n) is 9.35. The summed E-state index contributed by atoms with van der Waals surface area (Å²) in [4.78, 5) is 0. The number of aliphatic hydroxyl groups excluding tert-OH is 1. The highest BCUT2D eigenvalue weighted by atomic mass is 16.3. The third kappa shape index (κ3) is 1.67. The second kappa shape index (κ2) is 4.04. The van der Waals surface area contributed by atoms with Crippen molar-refractivity contribution in [1.29, 1.82) is 0 Å². The average molecular weight is 286 g/mol. The van der Waals surface area contributed by atoms with Gasteiger partial charge in [0.05, 0.1) is 6.10 Å². The van der Waals surface area contributed by atoms with Crippen LogP contribution < -0.4 is 0 Å². The third-order valence-corrected chi connectivity index (χ3v) is 7.78. The Balaban J connectivity index is 1.83. The molecule has 0 aromatic rings. The van der Waals surface area contributed by atoms with Gasteiger partial charge in [-0.05, 0) is 60.7 Å². The minimum absolute atomic E-state index is 0.274. The van der Waals surface area contributed by atoms with E-state index in [1.807, 2.05) is 0 Å². The first-order valence-corrected chi connectivity index (χ1v) is 8.87. The van der Waals surface area contributed by atoms with E-state index in [2.05, 4.69) is 33.4 Å². The fourth-order valence-corrected chi connectivity index (χ4v) is 6.93. The standard InChI is InChI=1S/C20H30O/c1-13-11-20-9-6-16-18(2,3)7-5-8-19(16,4)17(20)10-15(21)14(13)12-20/h10,14-16,21H,1,5-9,11-12H2,2-4H3/t14?,15-,16?,19?,20?/m0/s1. The number of rotatable bonds is 0. The Morgan fingerprint density at radius 2 is 1.95 bits per heavy atom. The lowest BCUT2D eigenvalue weighted by molar-refractivity contribution is -0.0357. The predicted octanol–water partition coefficient (Wildman–Crippen LogP) is 4.87. The summed E-state index contributed by atoms with van der Waals surface area (Å²) >= 11 is 0. The molecule has 3 fully saturated rings. The molecule has 0 saturated heterocycles. The van der Waals surface area contributed by atoms with E-state index in [9.17, 15) is 5.11 Å². The topological polar surface area (TPSA) is 20.2 Å². The Hall–Kier alpha value is -0.560. The minimum atomic E-state index is -0.274. The number of hydrogen-bond acceptors (Lipinski definition) is 1. The summed E-state index contributed by atoms with van der Waals surface area (Å²) in [6.45, 7) is 11.8. The van der Waals surface area contributed by atoms with Crippen LogP contribution in [-0.4, -0.2) is 11.2 Å². The van der Waals surface area contributed by atoms with Gasteiger partial charge in [-0.1, -0.05) is 51.0 Å². The quantitative estimate of drug-likeness (QED) is 0.630. The van der Waals surface area contributed by atoms with E-state index < -0.39 is 0 Å². The molecule has 4 aliphatic rings. The molecule has 21 heavy (non-hydrogen) atoms. The van der Waals surface area contributed by atoms with Crippen LogP contribution in [0.15, 0.2) is 23.8 Å². The first kappa shape index (κ1) is 14.1. The Kier molecular flexibility index (Phi) is 2.71. The summed E-state index contributed by atoms with van der Waals surface area (Å²) in [5.74, 6) is 1.12. The molecule has 0 radical (unpaired) electrons. The van der Waals surface area contributed by atoms with Crippen LogP contribution in [0.2, 0.25) is 0 Å². The van der Waals surface area contributed by atoms with Gasteiger partial charge in [0.1, 0.15) is 0 Å². The smallest absolute Gasteiger partial charge is 0.0789 e. The highest BCUT2D eigenvalue weighted by Gasteiger charge is 2.60. The zero-order valence-corrected chi connectivity index (χ0v) is 13.9. The lowest BCUT2D eigenvalue weighted by Gasteiger charge is -2.60. The highest BCUT2D eigenvalue weighted by molar-refractivity contribution is 5.39. The Morgan fingerprint density at radius 1 is 1.19 bits per heavy atom. The SMILES string of the molecule is C=C1CC23CCC4C(C)(C)CCCC4(C)C2=C[C@H](O)C1C3. The molecule has 1 heteroatoms. The van der Waals surface area contributed by atoms with E-state index in [0.717, 1.165) is 12.3 Å². The molecule has 0 heterocycles. The van der Waals surface area contributed by atoms with Gasteiger partial charge in [-0.25, -0.2) is 0 Å². The van der Waals surface area contributed by atoms with Crippen LogP contribution in [-0.2, 0) is 0 Å². The van der Waals surface area contributed by atoms with Gasteiger partial charge in [0, 0.05) is 5.92 Å². The highest BCUT2D eigenvalue weighted by Crippen LogP contribution is 2.70. The lowest BCUT2D eigenvalue weighted by atomic mass is 9.44. The molecule has 116 valence electrons. The van der Waals surface area contributed by atoms with Crippen LogP contribution in [0.5, 0.6) is 0 Å². The Labute approximate surface area is 129 Å². The molecule has 4 aliphatic carbocycles. The van der Waals surface area contributed by atoms with Gasteiger partial charge in [0.15, 0.2) is 0 Å². The molecule has 1 N–H and O–H groups in total. The molecule has 4 unspecified atom stereocenters. The number of fused-ring (bicyclic) bond motifs is 3. The maximum absolute atomic E-state index is 10.6. The lowest BCUT2D eigenvalue weighted by Crippen LogP contribution is -2.51. The summed E-state index contributed by atoms with van der Waals surface area (Å²) in [6, 6.07) is 0. The second-order valence-corrected chi connectivity index (χ2v) is 9.35. The number of allylic oxidation sites excluding steroid dienone is 1. The van der Waals surface area contributed by atoms with Crippen LogP contribution in [0.4, 0.5) is 0 Å². The monoisotopic (exact) mass is 286 g/mol. The zero-order valence-electron chi connectivity index (χ0n) is 13.9. The molecule has 0 amide bonds. The Morgan fingerprint density at radius 3 is 2.71 bits per heavy atom. The van der Waals surface area contributed by atoms with Gasteiger partial charge in [-0.2, -0.15) is 0 Å². The molecule has 0 aliphatic heterocycles. The summed E-state index contributed by atoms with van der Waals surface area (Å²) in [6.07, 6.45) is 11.0. The molecular weight excluding hydrogens is 256 g/mol. The average Bonchev–Trinajstić information content (AvgIpc) is 2.66. The van der Waals surface area contributed by atoms with Crippen LogP contribution >= 0.6 is 0 Å². The largest absolute Gasteiger partial charge is 0.388 e. The van der Waals surface area contributed by atoms with Crippen molar-refractivity contribution in [3.63, 3.8) is 0 Å². The van der Waals surface area contributed by atoms with E-state index in [-0.39, 0.29) is 6.10 Å². The minimum Gasteiger partial charge on any atom is -0.388 e. The van der Waals surface area contributed by atoms with Crippen molar-refractivity contribution in [2.75, 3.05) is 0 Å². The first-order valence-electron chi connectivity index (χ1n) is 8.87. The third-order valence-electron chi connectivity index (χ3n) is 7.78. The normalized spacial score (nSPS) is 51.1. The molecule has 0 aromatic heterocycles. The van der Waals surface area contributed by atoms with Crippen molar-refractivity contribution in [3.05, 3.63) is 23.8 Å². The molecule has 3 saturated carbocycles. The molecule has 0 aromatic carbocycles. The van der Waals surface area contributed by atoms with Crippen molar-refractivity contribution in [1.82, 2.24) is 0 Å². The van der Waals surface area contributed by atoms with Crippen molar-refractivity contribution < 1.29 is 5.11 Å². The molecule has 4 rings (SSSR count). The van der Waals surface area contributed by atoms with Crippen molar-refractivity contribution in [2.24, 2.45) is 28.1 Å². The number of hydrogen-bond donors (Lipinski definition) is 1. The van der Waals surface area contributed by atoms with Crippen LogP contribution in [0.25, 0.3) is 0 Å². The van der Waals surface area contributed by atoms with E-state index in [0.29, 0.717) is 22.2 Å². The van der Waals surface area contributed by atoms with Crippen LogP contribution in [0, 0.1) is 28.1 Å². The van der Waals surface area contributed by atoms with E-state index in [4.69, 9.17) is 0 Å². The van der Waals surface area contributed by atoms with Crippen LogP contribution in [0.3, 0.4) is 0 Å². The van der Waals surface area contributed by atoms with E-state index in [1.165, 1.54) is 44.1 Å². The molecule has 1 nitrogen and oxygen atoms in total. The van der Waals surface area contributed by atoms with Crippen molar-refractivity contribution in [2.45, 2.75) is 71.8 Å². The van der Waals surface area contributed by atoms with E-state index >= 15 is 0 Å². The van der Waals surface area contributed by atoms with Crippen molar-refractivity contribution in [3.8, 4) is 0 Å². The molecular formula is C20H30O.